The number of rotatable bonds is 3. The second-order valence-corrected chi connectivity index (χ2v) is 3.45. The van der Waals surface area contributed by atoms with Crippen LogP contribution in [-0.2, 0) is 0 Å². The van der Waals surface area contributed by atoms with Gasteiger partial charge in [-0.3, -0.25) is 0 Å². The molecule has 0 fully saturated rings. The lowest BCUT2D eigenvalue weighted by Crippen LogP contribution is -1.96. The lowest BCUT2D eigenvalue weighted by Gasteiger charge is -2.01. The number of methoxy groups -OCH3 is 1. The molecule has 0 atom stereocenters. The van der Waals surface area contributed by atoms with Gasteiger partial charge in [0.05, 0.1) is 12.1 Å². The molecule has 1 aromatic carbocycles. The smallest absolute Gasteiger partial charge is 0.137 e. The van der Waals surface area contributed by atoms with Crippen molar-refractivity contribution in [2.45, 2.75) is 12.8 Å². The average Bonchev–Trinajstić information content (AvgIpc) is 2.25. The fourth-order valence-corrected chi connectivity index (χ4v) is 1.36. The van der Waals surface area contributed by atoms with E-state index < -0.39 is 0 Å². The molecule has 1 rings (SSSR count). The molecule has 0 saturated carbocycles. The zero-order valence-corrected chi connectivity index (χ0v) is 9.47. The molecule has 0 aliphatic heterocycles. The van der Waals surface area contributed by atoms with Gasteiger partial charge in [-0.05, 0) is 31.2 Å². The van der Waals surface area contributed by atoms with Crippen LogP contribution in [0.25, 0.3) is 0 Å². The Labute approximate surface area is 95.4 Å². The fourth-order valence-electron chi connectivity index (χ4n) is 1.10. The summed E-state index contributed by atoms with van der Waals surface area (Å²) in [6, 6.07) is 5.51. The molecule has 15 heavy (non-hydrogen) atoms. The number of nitrogens with two attached hydrogens (primary N) is 1. The summed E-state index contributed by atoms with van der Waals surface area (Å²) >= 11 is 5.96. The Bertz CT molecular complexity index is 379. The number of halogens is 1. The van der Waals surface area contributed by atoms with Gasteiger partial charge in [-0.15, -0.1) is 0 Å². The predicted octanol–water partition coefficient (Wildman–Crippen LogP) is 2.44. The molecular formula is C12H14ClNO. The van der Waals surface area contributed by atoms with Crippen LogP contribution in [0.4, 0.5) is 0 Å². The predicted molar refractivity (Wildman–Crippen MR) is 63.2 cm³/mol. The quantitative estimate of drug-likeness (QED) is 0.631. The van der Waals surface area contributed by atoms with Gasteiger partial charge in [0.25, 0.3) is 0 Å². The summed E-state index contributed by atoms with van der Waals surface area (Å²) in [5.41, 5.74) is 6.27. The van der Waals surface area contributed by atoms with Crippen LogP contribution in [0.2, 0.25) is 5.02 Å². The Morgan fingerprint density at radius 1 is 1.47 bits per heavy atom. The van der Waals surface area contributed by atoms with E-state index in [-0.39, 0.29) is 0 Å². The molecule has 0 bridgehead atoms. The van der Waals surface area contributed by atoms with Crippen molar-refractivity contribution in [3.8, 4) is 17.6 Å². The SMILES string of the molecule is COc1ccc(C#CCCCN)cc1Cl. The molecule has 0 aromatic heterocycles. The van der Waals surface area contributed by atoms with Crippen LogP contribution in [-0.4, -0.2) is 13.7 Å². The van der Waals surface area contributed by atoms with Gasteiger partial charge in [-0.25, -0.2) is 0 Å². The van der Waals surface area contributed by atoms with Gasteiger partial charge in [0.2, 0.25) is 0 Å². The number of unbranched alkanes of at least 4 members (excludes halogenated alkanes) is 1. The highest BCUT2D eigenvalue weighted by molar-refractivity contribution is 6.32. The zero-order valence-electron chi connectivity index (χ0n) is 8.72. The molecular weight excluding hydrogens is 210 g/mol. The van der Waals surface area contributed by atoms with E-state index in [0.717, 1.165) is 18.4 Å². The van der Waals surface area contributed by atoms with Crippen molar-refractivity contribution in [1.29, 1.82) is 0 Å². The first-order valence-corrected chi connectivity index (χ1v) is 5.18. The minimum absolute atomic E-state index is 0.586. The van der Waals surface area contributed by atoms with Crippen LogP contribution >= 0.6 is 11.6 Å². The monoisotopic (exact) mass is 223 g/mol. The molecule has 0 amide bonds. The van der Waals surface area contributed by atoms with E-state index in [2.05, 4.69) is 11.8 Å². The summed E-state index contributed by atoms with van der Waals surface area (Å²) in [6.07, 6.45) is 1.75. The number of hydrogen-bond acceptors (Lipinski definition) is 2. The summed E-state index contributed by atoms with van der Waals surface area (Å²) < 4.78 is 5.05. The van der Waals surface area contributed by atoms with Crippen molar-refractivity contribution >= 4 is 11.6 Å². The molecule has 80 valence electrons. The highest BCUT2D eigenvalue weighted by Gasteiger charge is 1.99. The Balaban J connectivity index is 2.69. The second-order valence-electron chi connectivity index (χ2n) is 3.04. The Kier molecular flexibility index (Phi) is 5.03. The van der Waals surface area contributed by atoms with Crippen molar-refractivity contribution in [2.24, 2.45) is 5.73 Å². The van der Waals surface area contributed by atoms with Gasteiger partial charge in [0.15, 0.2) is 0 Å². The highest BCUT2D eigenvalue weighted by atomic mass is 35.5. The molecule has 2 N–H and O–H groups in total. The first-order chi connectivity index (χ1) is 7.27. The van der Waals surface area contributed by atoms with Gasteiger partial charge in [-0.1, -0.05) is 23.4 Å². The first kappa shape index (κ1) is 11.9. The maximum absolute atomic E-state index is 5.96. The summed E-state index contributed by atoms with van der Waals surface area (Å²) in [4.78, 5) is 0. The molecule has 0 unspecified atom stereocenters. The Morgan fingerprint density at radius 3 is 2.87 bits per heavy atom. The molecule has 0 radical (unpaired) electrons. The maximum atomic E-state index is 5.96. The standard InChI is InChI=1S/C12H14ClNO/c1-15-12-7-6-10(9-11(12)13)5-3-2-4-8-14/h6-7,9H,2,4,8,14H2,1H3. The largest absolute Gasteiger partial charge is 0.495 e. The minimum Gasteiger partial charge on any atom is -0.495 e. The molecule has 1 aromatic rings. The van der Waals surface area contributed by atoms with E-state index in [1.165, 1.54) is 0 Å². The van der Waals surface area contributed by atoms with Gasteiger partial charge >= 0.3 is 0 Å². The van der Waals surface area contributed by atoms with Gasteiger partial charge in [0.1, 0.15) is 5.75 Å². The fraction of sp³-hybridized carbons (Fsp3) is 0.333. The van der Waals surface area contributed by atoms with E-state index >= 15 is 0 Å². The Hall–Kier alpha value is -1.17. The number of ether oxygens (including phenoxy) is 1. The molecule has 0 saturated heterocycles. The average molecular weight is 224 g/mol. The van der Waals surface area contributed by atoms with E-state index in [9.17, 15) is 0 Å². The Morgan fingerprint density at radius 2 is 2.27 bits per heavy atom. The minimum atomic E-state index is 0.586. The number of hydrogen-bond donors (Lipinski definition) is 1. The molecule has 0 aliphatic rings. The summed E-state index contributed by atoms with van der Waals surface area (Å²) in [6.45, 7) is 0.679. The van der Waals surface area contributed by atoms with Gasteiger partial charge < -0.3 is 10.5 Å². The van der Waals surface area contributed by atoms with Crippen molar-refractivity contribution in [2.75, 3.05) is 13.7 Å². The number of benzene rings is 1. The van der Waals surface area contributed by atoms with Crippen molar-refractivity contribution < 1.29 is 4.74 Å². The molecule has 3 heteroatoms. The molecule has 0 heterocycles. The second kappa shape index (κ2) is 6.34. The van der Waals surface area contributed by atoms with E-state index in [1.807, 2.05) is 12.1 Å². The van der Waals surface area contributed by atoms with Crippen LogP contribution in [0.1, 0.15) is 18.4 Å². The van der Waals surface area contributed by atoms with Crippen LogP contribution in [0.15, 0.2) is 18.2 Å². The summed E-state index contributed by atoms with van der Waals surface area (Å²) in [5, 5.41) is 0.586. The van der Waals surface area contributed by atoms with E-state index in [1.54, 1.807) is 13.2 Å². The normalized spacial score (nSPS) is 9.27. The van der Waals surface area contributed by atoms with Crippen LogP contribution in [0.5, 0.6) is 5.75 Å². The zero-order chi connectivity index (χ0) is 11.1. The molecule has 0 aliphatic carbocycles. The summed E-state index contributed by atoms with van der Waals surface area (Å²) in [5.74, 6) is 6.73. The van der Waals surface area contributed by atoms with Gasteiger partial charge in [0, 0.05) is 12.0 Å². The van der Waals surface area contributed by atoms with Crippen molar-refractivity contribution in [3.63, 3.8) is 0 Å². The van der Waals surface area contributed by atoms with Gasteiger partial charge in [-0.2, -0.15) is 0 Å². The first-order valence-electron chi connectivity index (χ1n) is 4.80. The third kappa shape index (κ3) is 3.83. The van der Waals surface area contributed by atoms with Crippen LogP contribution in [0, 0.1) is 11.8 Å². The third-order valence-corrected chi connectivity index (χ3v) is 2.19. The maximum Gasteiger partial charge on any atom is 0.137 e. The topological polar surface area (TPSA) is 35.2 Å². The summed E-state index contributed by atoms with van der Waals surface area (Å²) in [7, 11) is 1.59. The molecule has 0 spiro atoms. The van der Waals surface area contributed by atoms with Crippen molar-refractivity contribution in [3.05, 3.63) is 28.8 Å². The van der Waals surface area contributed by atoms with E-state index in [4.69, 9.17) is 22.1 Å². The van der Waals surface area contributed by atoms with Crippen LogP contribution < -0.4 is 10.5 Å². The lowest BCUT2D eigenvalue weighted by molar-refractivity contribution is 0.415. The molecule has 2 nitrogen and oxygen atoms in total. The van der Waals surface area contributed by atoms with Crippen LogP contribution in [0.3, 0.4) is 0 Å². The van der Waals surface area contributed by atoms with E-state index in [0.29, 0.717) is 17.3 Å². The lowest BCUT2D eigenvalue weighted by atomic mass is 10.2. The highest BCUT2D eigenvalue weighted by Crippen LogP contribution is 2.24. The van der Waals surface area contributed by atoms with Crippen molar-refractivity contribution in [1.82, 2.24) is 0 Å². The third-order valence-electron chi connectivity index (χ3n) is 1.89.